The van der Waals surface area contributed by atoms with Gasteiger partial charge in [-0.1, -0.05) is 49.6 Å². The summed E-state index contributed by atoms with van der Waals surface area (Å²) >= 11 is 0. The summed E-state index contributed by atoms with van der Waals surface area (Å²) in [6.07, 6.45) is 2.82. The molecule has 78 valence electrons. The van der Waals surface area contributed by atoms with E-state index in [2.05, 4.69) is 13.2 Å². The summed E-state index contributed by atoms with van der Waals surface area (Å²) in [4.78, 5) is 24.1. The molecule has 0 N–H and O–H groups in total. The highest BCUT2D eigenvalue weighted by molar-refractivity contribution is 6.28. The Labute approximate surface area is 93.6 Å². The van der Waals surface area contributed by atoms with Crippen LogP contribution in [0.25, 0.3) is 0 Å². The quantitative estimate of drug-likeness (QED) is 0.752. The van der Waals surface area contributed by atoms with Crippen molar-refractivity contribution in [3.8, 4) is 0 Å². The van der Waals surface area contributed by atoms with E-state index < -0.39 is 0 Å². The lowest BCUT2D eigenvalue weighted by molar-refractivity contribution is 0.0980. The topological polar surface area (TPSA) is 34.1 Å². The molecule has 0 atom stereocenters. The summed E-state index contributed by atoms with van der Waals surface area (Å²) in [5.74, 6) is -0.333. The largest absolute Gasteiger partial charge is 0.289 e. The lowest BCUT2D eigenvalue weighted by atomic mass is 9.84. The standard InChI is InChI=1S/C14H10O2/c1-3-9-10(4-2)14(16)12-8-6-5-7-11(12)13(9)15/h3-8H,1-2H2. The van der Waals surface area contributed by atoms with Crippen LogP contribution in [0.15, 0.2) is 60.7 Å². The number of Topliss-reactive ketones (excluding diaryl/α,β-unsaturated/α-hetero) is 2. The molecule has 0 unspecified atom stereocenters. The zero-order valence-electron chi connectivity index (χ0n) is 8.69. The normalized spacial score (nSPS) is 14.8. The van der Waals surface area contributed by atoms with Crippen LogP contribution in [-0.4, -0.2) is 11.6 Å². The number of hydrogen-bond donors (Lipinski definition) is 0. The van der Waals surface area contributed by atoms with Crippen LogP contribution in [-0.2, 0) is 0 Å². The summed E-state index contributed by atoms with van der Waals surface area (Å²) in [5, 5.41) is 0. The first-order valence-corrected chi connectivity index (χ1v) is 4.88. The molecule has 0 bridgehead atoms. The van der Waals surface area contributed by atoms with Crippen LogP contribution in [0.3, 0.4) is 0 Å². The molecule has 0 aromatic heterocycles. The number of allylic oxidation sites excluding steroid dienone is 4. The number of carbonyl (C=O) groups excluding carboxylic acids is 2. The zero-order chi connectivity index (χ0) is 11.7. The monoisotopic (exact) mass is 210 g/mol. The minimum Gasteiger partial charge on any atom is -0.289 e. The van der Waals surface area contributed by atoms with E-state index in [1.807, 2.05) is 0 Å². The highest BCUT2D eigenvalue weighted by Gasteiger charge is 2.28. The van der Waals surface area contributed by atoms with Gasteiger partial charge in [-0.25, -0.2) is 0 Å². The Morgan fingerprint density at radius 3 is 1.50 bits per heavy atom. The van der Waals surface area contributed by atoms with Gasteiger partial charge in [0.15, 0.2) is 11.6 Å². The van der Waals surface area contributed by atoms with Crippen molar-refractivity contribution in [1.82, 2.24) is 0 Å². The maximum absolute atomic E-state index is 12.0. The molecule has 0 saturated carbocycles. The Hall–Kier alpha value is -2.22. The van der Waals surface area contributed by atoms with E-state index in [0.717, 1.165) is 0 Å². The molecule has 0 aliphatic heterocycles. The van der Waals surface area contributed by atoms with Crippen molar-refractivity contribution in [2.24, 2.45) is 0 Å². The van der Waals surface area contributed by atoms with Crippen molar-refractivity contribution in [2.45, 2.75) is 0 Å². The van der Waals surface area contributed by atoms with Gasteiger partial charge in [0.2, 0.25) is 0 Å². The minimum absolute atomic E-state index is 0.167. The van der Waals surface area contributed by atoms with Gasteiger partial charge < -0.3 is 0 Å². The highest BCUT2D eigenvalue weighted by atomic mass is 16.1. The fourth-order valence-corrected chi connectivity index (χ4v) is 1.82. The predicted octanol–water partition coefficient (Wildman–Crippen LogP) is 2.73. The first kappa shape index (κ1) is 10.3. The van der Waals surface area contributed by atoms with Gasteiger partial charge in [-0.05, 0) is 0 Å². The average molecular weight is 210 g/mol. The van der Waals surface area contributed by atoms with Gasteiger partial charge >= 0.3 is 0 Å². The van der Waals surface area contributed by atoms with Crippen LogP contribution in [0.1, 0.15) is 20.7 Å². The molecule has 0 heterocycles. The third-order valence-electron chi connectivity index (χ3n) is 2.60. The number of benzene rings is 1. The molecule has 2 nitrogen and oxygen atoms in total. The summed E-state index contributed by atoms with van der Waals surface area (Å²) in [6.45, 7) is 7.12. The minimum atomic E-state index is -0.167. The van der Waals surface area contributed by atoms with Gasteiger partial charge in [-0.3, -0.25) is 9.59 Å². The Morgan fingerprint density at radius 1 is 0.812 bits per heavy atom. The highest BCUT2D eigenvalue weighted by Crippen LogP contribution is 2.27. The number of fused-ring (bicyclic) bond motifs is 1. The molecular formula is C14H10O2. The van der Waals surface area contributed by atoms with E-state index in [0.29, 0.717) is 22.3 Å². The van der Waals surface area contributed by atoms with Crippen LogP contribution in [0.5, 0.6) is 0 Å². The van der Waals surface area contributed by atoms with Crippen molar-refractivity contribution in [3.05, 3.63) is 71.8 Å². The molecule has 0 radical (unpaired) electrons. The van der Waals surface area contributed by atoms with Gasteiger partial charge in [-0.15, -0.1) is 0 Å². The molecule has 0 amide bonds. The molecule has 0 spiro atoms. The number of rotatable bonds is 2. The van der Waals surface area contributed by atoms with Gasteiger partial charge in [0.05, 0.1) is 0 Å². The average Bonchev–Trinajstić information content (AvgIpc) is 2.33. The van der Waals surface area contributed by atoms with E-state index in [9.17, 15) is 9.59 Å². The van der Waals surface area contributed by atoms with Crippen LogP contribution in [0.4, 0.5) is 0 Å². The van der Waals surface area contributed by atoms with E-state index >= 15 is 0 Å². The molecule has 0 saturated heterocycles. The van der Waals surface area contributed by atoms with E-state index in [4.69, 9.17) is 0 Å². The second-order valence-electron chi connectivity index (χ2n) is 3.44. The second-order valence-corrected chi connectivity index (χ2v) is 3.44. The number of ketones is 2. The van der Waals surface area contributed by atoms with Crippen LogP contribution in [0, 0.1) is 0 Å². The maximum Gasteiger partial charge on any atom is 0.194 e. The SMILES string of the molecule is C=CC1=C(C=C)C(=O)c2ccccc2C1=O. The fraction of sp³-hybridized carbons (Fsp3) is 0. The molecule has 1 aliphatic carbocycles. The first-order chi connectivity index (χ1) is 7.70. The third-order valence-corrected chi connectivity index (χ3v) is 2.60. The van der Waals surface area contributed by atoms with Crippen molar-refractivity contribution >= 4 is 11.6 Å². The third kappa shape index (κ3) is 1.27. The molecule has 1 aromatic rings. The maximum atomic E-state index is 12.0. The molecule has 1 aliphatic rings. The van der Waals surface area contributed by atoms with E-state index in [1.165, 1.54) is 12.2 Å². The first-order valence-electron chi connectivity index (χ1n) is 4.88. The van der Waals surface area contributed by atoms with Gasteiger partial charge in [0.1, 0.15) is 0 Å². The second kappa shape index (κ2) is 3.74. The molecule has 2 heteroatoms. The van der Waals surface area contributed by atoms with Crippen molar-refractivity contribution in [1.29, 1.82) is 0 Å². The molecular weight excluding hydrogens is 200 g/mol. The smallest absolute Gasteiger partial charge is 0.194 e. The summed E-state index contributed by atoms with van der Waals surface area (Å²) in [7, 11) is 0. The lowest BCUT2D eigenvalue weighted by Gasteiger charge is -2.16. The molecule has 1 aromatic carbocycles. The van der Waals surface area contributed by atoms with Crippen LogP contribution >= 0.6 is 0 Å². The van der Waals surface area contributed by atoms with Gasteiger partial charge in [-0.2, -0.15) is 0 Å². The predicted molar refractivity (Wildman–Crippen MR) is 62.5 cm³/mol. The molecule has 0 fully saturated rings. The van der Waals surface area contributed by atoms with Crippen LogP contribution < -0.4 is 0 Å². The fourth-order valence-electron chi connectivity index (χ4n) is 1.82. The lowest BCUT2D eigenvalue weighted by Crippen LogP contribution is -2.20. The Bertz CT molecular complexity index is 499. The Morgan fingerprint density at radius 2 is 1.19 bits per heavy atom. The Balaban J connectivity index is 2.76. The summed E-state index contributed by atoms with van der Waals surface area (Å²) in [5.41, 5.74) is 1.54. The zero-order valence-corrected chi connectivity index (χ0v) is 8.69. The van der Waals surface area contributed by atoms with Gasteiger partial charge in [0, 0.05) is 22.3 Å². The molecule has 16 heavy (non-hydrogen) atoms. The van der Waals surface area contributed by atoms with Crippen LogP contribution in [0.2, 0.25) is 0 Å². The van der Waals surface area contributed by atoms with Crippen molar-refractivity contribution < 1.29 is 9.59 Å². The molecule has 2 rings (SSSR count). The number of carbonyl (C=O) groups is 2. The summed E-state index contributed by atoms with van der Waals surface area (Å²) in [6, 6.07) is 6.78. The van der Waals surface area contributed by atoms with Crippen molar-refractivity contribution in [2.75, 3.05) is 0 Å². The number of hydrogen-bond acceptors (Lipinski definition) is 2. The van der Waals surface area contributed by atoms with Crippen molar-refractivity contribution in [3.63, 3.8) is 0 Å². The Kier molecular flexibility index (Phi) is 2.41. The summed E-state index contributed by atoms with van der Waals surface area (Å²) < 4.78 is 0. The van der Waals surface area contributed by atoms with Gasteiger partial charge in [0.25, 0.3) is 0 Å². The van der Waals surface area contributed by atoms with E-state index in [-0.39, 0.29) is 11.6 Å². The van der Waals surface area contributed by atoms with E-state index in [1.54, 1.807) is 24.3 Å².